The Balaban J connectivity index is 1.61. The quantitative estimate of drug-likeness (QED) is 0.741. The molecule has 7 nitrogen and oxygen atoms in total. The minimum absolute atomic E-state index is 0.00799. The van der Waals surface area contributed by atoms with Crippen LogP contribution in [0.2, 0.25) is 0 Å². The summed E-state index contributed by atoms with van der Waals surface area (Å²) in [4.78, 5) is 24.5. The molecule has 9 heteroatoms. The van der Waals surface area contributed by atoms with Crippen LogP contribution >= 0.6 is 0 Å². The van der Waals surface area contributed by atoms with Gasteiger partial charge >= 0.3 is 0 Å². The first kappa shape index (κ1) is 20.9. The molecule has 0 spiro atoms. The summed E-state index contributed by atoms with van der Waals surface area (Å²) >= 11 is 0. The van der Waals surface area contributed by atoms with E-state index in [2.05, 4.69) is 10.9 Å². The van der Waals surface area contributed by atoms with Crippen molar-refractivity contribution in [3.8, 4) is 0 Å². The molecule has 1 aliphatic rings. The second-order valence-corrected chi connectivity index (χ2v) is 8.90. The molecule has 0 bridgehead atoms. The van der Waals surface area contributed by atoms with E-state index < -0.39 is 33.6 Å². The number of hydrazine groups is 1. The van der Waals surface area contributed by atoms with Crippen LogP contribution < -0.4 is 10.9 Å². The fourth-order valence-electron chi connectivity index (χ4n) is 3.13. The number of hydrogen-bond acceptors (Lipinski definition) is 4. The number of carbonyl (C=O) groups excluding carboxylic acids is 2. The number of nitrogens with zero attached hydrogens (tertiary/aromatic N) is 1. The molecule has 0 aliphatic carbocycles. The summed E-state index contributed by atoms with van der Waals surface area (Å²) in [6, 6.07) is 11.4. The Kier molecular flexibility index (Phi) is 6.29. The van der Waals surface area contributed by atoms with E-state index in [1.807, 2.05) is 6.92 Å². The summed E-state index contributed by atoms with van der Waals surface area (Å²) in [6.07, 6.45) is 1.01. The summed E-state index contributed by atoms with van der Waals surface area (Å²) in [5.41, 5.74) is 6.15. The van der Waals surface area contributed by atoms with E-state index >= 15 is 0 Å². The minimum atomic E-state index is -3.82. The average Bonchev–Trinajstić information content (AvgIpc) is 2.72. The van der Waals surface area contributed by atoms with Gasteiger partial charge in [-0.05, 0) is 56.2 Å². The molecule has 1 fully saturated rings. The van der Waals surface area contributed by atoms with Crippen molar-refractivity contribution in [3.63, 3.8) is 0 Å². The van der Waals surface area contributed by atoms with E-state index in [0.717, 1.165) is 17.7 Å². The first-order chi connectivity index (χ1) is 13.8. The molecule has 0 radical (unpaired) electrons. The van der Waals surface area contributed by atoms with Crippen molar-refractivity contribution in [3.05, 3.63) is 65.5 Å². The molecule has 2 aromatic carbocycles. The predicted molar refractivity (Wildman–Crippen MR) is 105 cm³/mol. The lowest BCUT2D eigenvalue weighted by Gasteiger charge is -2.31. The number of halogens is 1. The molecule has 2 aromatic rings. The maximum atomic E-state index is 13.1. The highest BCUT2D eigenvalue weighted by molar-refractivity contribution is 7.89. The fourth-order valence-corrected chi connectivity index (χ4v) is 4.65. The maximum absolute atomic E-state index is 13.1. The summed E-state index contributed by atoms with van der Waals surface area (Å²) in [5.74, 6) is -2.03. The molecule has 0 aromatic heterocycles. The van der Waals surface area contributed by atoms with Gasteiger partial charge in [0.05, 0.1) is 10.8 Å². The number of amides is 2. The molecule has 1 saturated heterocycles. The zero-order chi connectivity index (χ0) is 21.0. The highest BCUT2D eigenvalue weighted by atomic mass is 32.2. The second kappa shape index (κ2) is 8.71. The Morgan fingerprint density at radius 2 is 1.69 bits per heavy atom. The molecule has 154 valence electrons. The third-order valence-corrected chi connectivity index (χ3v) is 6.70. The van der Waals surface area contributed by atoms with Crippen molar-refractivity contribution in [2.75, 3.05) is 13.1 Å². The number of hydrogen-bond donors (Lipinski definition) is 2. The van der Waals surface area contributed by atoms with E-state index in [4.69, 9.17) is 0 Å². The van der Waals surface area contributed by atoms with Crippen LogP contribution in [0.25, 0.3) is 0 Å². The zero-order valence-electron chi connectivity index (χ0n) is 15.9. The van der Waals surface area contributed by atoms with Crippen LogP contribution in [0.3, 0.4) is 0 Å². The van der Waals surface area contributed by atoms with Crippen molar-refractivity contribution in [2.24, 2.45) is 5.92 Å². The second-order valence-electron chi connectivity index (χ2n) is 6.97. The largest absolute Gasteiger partial charge is 0.273 e. The smallest absolute Gasteiger partial charge is 0.269 e. The van der Waals surface area contributed by atoms with E-state index in [0.29, 0.717) is 18.4 Å². The minimum Gasteiger partial charge on any atom is -0.273 e. The summed E-state index contributed by atoms with van der Waals surface area (Å²) < 4.78 is 39.8. The van der Waals surface area contributed by atoms with E-state index in [9.17, 15) is 22.4 Å². The fraction of sp³-hybridized carbons (Fsp3) is 0.300. The Morgan fingerprint density at radius 3 is 2.34 bits per heavy atom. The van der Waals surface area contributed by atoms with E-state index in [-0.39, 0.29) is 18.0 Å². The lowest BCUT2D eigenvalue weighted by molar-refractivity contribution is -0.126. The van der Waals surface area contributed by atoms with Crippen LogP contribution in [0.15, 0.2) is 53.4 Å². The number of aryl methyl sites for hydroxylation is 1. The number of piperidine rings is 1. The van der Waals surface area contributed by atoms with Gasteiger partial charge in [0, 0.05) is 18.7 Å². The molecule has 3 rings (SSSR count). The van der Waals surface area contributed by atoms with E-state index in [1.54, 1.807) is 24.3 Å². The third kappa shape index (κ3) is 4.99. The number of carbonyl (C=O) groups is 2. The molecular weight excluding hydrogens is 397 g/mol. The molecule has 1 heterocycles. The average molecular weight is 419 g/mol. The van der Waals surface area contributed by atoms with Crippen molar-refractivity contribution < 1.29 is 22.4 Å². The number of nitrogens with one attached hydrogen (secondary N) is 2. The number of sulfonamides is 1. The SMILES string of the molecule is Cc1ccc(C(=O)NNC(=O)[C@@H]2CCCN(S(=O)(=O)c3ccc(F)cc3)C2)cc1. The summed E-state index contributed by atoms with van der Waals surface area (Å²) in [7, 11) is -3.82. The molecular formula is C20H22FN3O4S. The Hall–Kier alpha value is -2.78. The van der Waals surface area contributed by atoms with Gasteiger partial charge < -0.3 is 0 Å². The molecule has 0 saturated carbocycles. The lowest BCUT2D eigenvalue weighted by atomic mass is 9.99. The molecule has 1 aliphatic heterocycles. The van der Waals surface area contributed by atoms with Crippen molar-refractivity contribution >= 4 is 21.8 Å². The van der Waals surface area contributed by atoms with Gasteiger partial charge in [0.15, 0.2) is 0 Å². The molecule has 0 unspecified atom stereocenters. The topological polar surface area (TPSA) is 95.6 Å². The van der Waals surface area contributed by atoms with Crippen molar-refractivity contribution in [1.82, 2.24) is 15.2 Å². The molecule has 2 N–H and O–H groups in total. The van der Waals surface area contributed by atoms with Crippen LogP contribution in [0.4, 0.5) is 4.39 Å². The van der Waals surface area contributed by atoms with E-state index in [1.165, 1.54) is 16.4 Å². The highest BCUT2D eigenvalue weighted by Gasteiger charge is 2.33. The standard InChI is InChI=1S/C20H22FN3O4S/c1-14-4-6-15(7-5-14)19(25)22-23-20(26)16-3-2-12-24(13-16)29(27,28)18-10-8-17(21)9-11-18/h4-11,16H,2-3,12-13H2,1H3,(H,22,25)(H,23,26)/t16-/m1/s1. The Bertz CT molecular complexity index is 991. The van der Waals surface area contributed by atoms with Gasteiger partial charge in [-0.2, -0.15) is 4.31 Å². The van der Waals surface area contributed by atoms with Crippen molar-refractivity contribution in [1.29, 1.82) is 0 Å². The normalized spacial score (nSPS) is 17.5. The first-order valence-corrected chi connectivity index (χ1v) is 10.6. The molecule has 1 atom stereocenters. The predicted octanol–water partition coefficient (Wildman–Crippen LogP) is 2.00. The lowest BCUT2D eigenvalue weighted by Crippen LogP contribution is -2.50. The first-order valence-electron chi connectivity index (χ1n) is 9.20. The van der Waals surface area contributed by atoms with Crippen LogP contribution in [-0.2, 0) is 14.8 Å². The van der Waals surface area contributed by atoms with Gasteiger partial charge in [-0.15, -0.1) is 0 Å². The molecule has 29 heavy (non-hydrogen) atoms. The van der Waals surface area contributed by atoms with Crippen LogP contribution in [-0.4, -0.2) is 37.6 Å². The maximum Gasteiger partial charge on any atom is 0.269 e. The van der Waals surface area contributed by atoms with Gasteiger partial charge in [-0.1, -0.05) is 17.7 Å². The van der Waals surface area contributed by atoms with Crippen LogP contribution in [0.1, 0.15) is 28.8 Å². The number of rotatable bonds is 4. The van der Waals surface area contributed by atoms with Crippen LogP contribution in [0.5, 0.6) is 0 Å². The zero-order valence-corrected chi connectivity index (χ0v) is 16.7. The van der Waals surface area contributed by atoms with Crippen molar-refractivity contribution in [2.45, 2.75) is 24.7 Å². The summed E-state index contributed by atoms with van der Waals surface area (Å²) in [6.45, 7) is 2.17. The highest BCUT2D eigenvalue weighted by Crippen LogP contribution is 2.24. The Morgan fingerprint density at radius 1 is 1.03 bits per heavy atom. The number of benzene rings is 2. The van der Waals surface area contributed by atoms with Gasteiger partial charge in [-0.25, -0.2) is 12.8 Å². The summed E-state index contributed by atoms with van der Waals surface area (Å²) in [5, 5.41) is 0. The Labute approximate surface area is 168 Å². The third-order valence-electron chi connectivity index (χ3n) is 4.82. The van der Waals surface area contributed by atoms with Gasteiger partial charge in [0.1, 0.15) is 5.82 Å². The van der Waals surface area contributed by atoms with Gasteiger partial charge in [-0.3, -0.25) is 20.4 Å². The van der Waals surface area contributed by atoms with Crippen LogP contribution in [0, 0.1) is 18.7 Å². The molecule has 2 amide bonds. The van der Waals surface area contributed by atoms with Gasteiger partial charge in [0.2, 0.25) is 15.9 Å². The monoisotopic (exact) mass is 419 g/mol. The van der Waals surface area contributed by atoms with Gasteiger partial charge in [0.25, 0.3) is 5.91 Å².